The van der Waals surface area contributed by atoms with E-state index in [-0.39, 0.29) is 24.2 Å². The van der Waals surface area contributed by atoms with Crippen molar-refractivity contribution in [3.8, 4) is 17.1 Å². The first-order valence-corrected chi connectivity index (χ1v) is 6.69. The van der Waals surface area contributed by atoms with Crippen LogP contribution in [0, 0.1) is 13.8 Å². The topological polar surface area (TPSA) is 100 Å². The molecule has 1 aromatic carbocycles. The summed E-state index contributed by atoms with van der Waals surface area (Å²) in [5.74, 6) is 1.14. The molecule has 0 bridgehead atoms. The summed E-state index contributed by atoms with van der Waals surface area (Å²) in [6.45, 7) is 4.31. The van der Waals surface area contributed by atoms with Gasteiger partial charge in [0.1, 0.15) is 11.8 Å². The van der Waals surface area contributed by atoms with E-state index in [1.807, 2.05) is 26.0 Å². The number of aryl methyl sites for hydroxylation is 2. The summed E-state index contributed by atoms with van der Waals surface area (Å²) in [5, 5.41) is 19.5. The van der Waals surface area contributed by atoms with Crippen LogP contribution in [0.4, 0.5) is 0 Å². The highest BCUT2D eigenvalue weighted by Gasteiger charge is 2.24. The molecule has 3 N–H and O–H groups in total. The Balaban J connectivity index is 1.86. The van der Waals surface area contributed by atoms with E-state index in [1.165, 1.54) is 0 Å². The van der Waals surface area contributed by atoms with Gasteiger partial charge in [-0.05, 0) is 37.1 Å². The summed E-state index contributed by atoms with van der Waals surface area (Å²) in [5.41, 5.74) is 2.32. The fourth-order valence-corrected chi connectivity index (χ4v) is 2.32. The first kappa shape index (κ1) is 13.6. The van der Waals surface area contributed by atoms with Crippen LogP contribution in [-0.4, -0.2) is 34.2 Å². The molecule has 1 atom stereocenters. The molecule has 110 valence electrons. The first-order valence-electron chi connectivity index (χ1n) is 6.69. The number of amides is 1. The third-order valence-corrected chi connectivity index (χ3v) is 3.50. The van der Waals surface area contributed by atoms with Crippen LogP contribution in [0.15, 0.2) is 16.7 Å². The third-order valence-electron chi connectivity index (χ3n) is 3.50. The van der Waals surface area contributed by atoms with Gasteiger partial charge in [-0.2, -0.15) is 4.98 Å². The second-order valence-electron chi connectivity index (χ2n) is 5.15. The molecule has 1 aliphatic heterocycles. The van der Waals surface area contributed by atoms with Gasteiger partial charge >= 0.3 is 0 Å². The summed E-state index contributed by atoms with van der Waals surface area (Å²) in [4.78, 5) is 15.5. The number of phenols is 1. The molecule has 1 amide bonds. The first-order chi connectivity index (χ1) is 10.0. The minimum absolute atomic E-state index is 0.0456. The van der Waals surface area contributed by atoms with E-state index >= 15 is 0 Å². The number of hydrogen-bond acceptors (Lipinski definition) is 6. The molecule has 1 aliphatic rings. The average molecular weight is 288 g/mol. The van der Waals surface area contributed by atoms with E-state index in [2.05, 4.69) is 20.8 Å². The van der Waals surface area contributed by atoms with Gasteiger partial charge in [0, 0.05) is 12.1 Å². The number of benzene rings is 1. The van der Waals surface area contributed by atoms with E-state index < -0.39 is 0 Å². The summed E-state index contributed by atoms with van der Waals surface area (Å²) in [7, 11) is 0. The zero-order valence-electron chi connectivity index (χ0n) is 11.8. The molecule has 7 heteroatoms. The van der Waals surface area contributed by atoms with Crippen LogP contribution < -0.4 is 10.6 Å². The van der Waals surface area contributed by atoms with Crippen LogP contribution in [-0.2, 0) is 4.79 Å². The molecule has 0 saturated carbocycles. The maximum Gasteiger partial charge on any atom is 0.245 e. The van der Waals surface area contributed by atoms with Crippen LogP contribution in [0.3, 0.4) is 0 Å². The summed E-state index contributed by atoms with van der Waals surface area (Å²) in [6, 6.07) is 3.45. The van der Waals surface area contributed by atoms with Crippen molar-refractivity contribution in [2.75, 3.05) is 13.1 Å². The van der Waals surface area contributed by atoms with Crippen LogP contribution in [0.1, 0.15) is 23.1 Å². The van der Waals surface area contributed by atoms with E-state index in [4.69, 9.17) is 4.52 Å². The molecule has 21 heavy (non-hydrogen) atoms. The molecule has 0 radical (unpaired) electrons. The minimum atomic E-state index is -0.178. The smallest absolute Gasteiger partial charge is 0.245 e. The Morgan fingerprint density at radius 1 is 1.33 bits per heavy atom. The lowest BCUT2D eigenvalue weighted by atomic mass is 10.1. The average Bonchev–Trinajstić information content (AvgIpc) is 2.95. The minimum Gasteiger partial charge on any atom is -0.507 e. The van der Waals surface area contributed by atoms with Crippen molar-refractivity contribution in [2.45, 2.75) is 19.9 Å². The number of carbonyl (C=O) groups is 1. The van der Waals surface area contributed by atoms with Crippen molar-refractivity contribution in [1.82, 2.24) is 20.8 Å². The highest BCUT2D eigenvalue weighted by atomic mass is 16.5. The Morgan fingerprint density at radius 3 is 2.67 bits per heavy atom. The van der Waals surface area contributed by atoms with Crippen molar-refractivity contribution < 1.29 is 14.4 Å². The van der Waals surface area contributed by atoms with Gasteiger partial charge < -0.3 is 14.9 Å². The number of hydrogen-bond donors (Lipinski definition) is 3. The van der Waals surface area contributed by atoms with E-state index in [0.717, 1.165) is 16.7 Å². The lowest BCUT2D eigenvalue weighted by molar-refractivity contribution is -0.121. The molecule has 0 spiro atoms. The van der Waals surface area contributed by atoms with Crippen LogP contribution >= 0.6 is 0 Å². The van der Waals surface area contributed by atoms with Crippen LogP contribution in [0.25, 0.3) is 11.4 Å². The predicted octanol–water partition coefficient (Wildman–Crippen LogP) is 0.820. The quantitative estimate of drug-likeness (QED) is 0.756. The maximum absolute atomic E-state index is 11.1. The molecule has 0 aliphatic carbocycles. The molecule has 1 unspecified atom stereocenters. The fourth-order valence-electron chi connectivity index (χ4n) is 2.32. The third kappa shape index (κ3) is 2.59. The molecule has 1 fully saturated rings. The Morgan fingerprint density at radius 2 is 2.05 bits per heavy atom. The van der Waals surface area contributed by atoms with Crippen molar-refractivity contribution in [3.05, 3.63) is 29.2 Å². The Hall–Kier alpha value is -2.41. The van der Waals surface area contributed by atoms with Crippen LogP contribution in [0.2, 0.25) is 0 Å². The molecule has 2 aromatic rings. The fraction of sp³-hybridized carbons (Fsp3) is 0.357. The van der Waals surface area contributed by atoms with Crippen molar-refractivity contribution in [1.29, 1.82) is 0 Å². The molecule has 2 heterocycles. The van der Waals surface area contributed by atoms with E-state index in [0.29, 0.717) is 18.3 Å². The Kier molecular flexibility index (Phi) is 3.34. The standard InChI is InChI=1S/C14H16N4O3/c1-7-3-9(4-8(2)12(7)20)13-17-14(21-18-13)10-5-16-11(19)6-15-10/h3-4,10,15,20H,5-6H2,1-2H3,(H,16,19). The van der Waals surface area contributed by atoms with Crippen molar-refractivity contribution >= 4 is 5.91 Å². The normalized spacial score (nSPS) is 18.6. The number of piperazine rings is 1. The van der Waals surface area contributed by atoms with Crippen molar-refractivity contribution in [2.24, 2.45) is 0 Å². The summed E-state index contributed by atoms with van der Waals surface area (Å²) in [6.07, 6.45) is 0. The second kappa shape index (κ2) is 5.17. The number of rotatable bonds is 2. The molecule has 1 saturated heterocycles. The molecule has 3 rings (SSSR count). The van der Waals surface area contributed by atoms with Gasteiger partial charge in [0.25, 0.3) is 0 Å². The van der Waals surface area contributed by atoms with Crippen LogP contribution in [0.5, 0.6) is 5.75 Å². The molecular weight excluding hydrogens is 272 g/mol. The summed E-state index contributed by atoms with van der Waals surface area (Å²) >= 11 is 0. The Bertz CT molecular complexity index is 662. The predicted molar refractivity (Wildman–Crippen MR) is 74.6 cm³/mol. The van der Waals surface area contributed by atoms with Gasteiger partial charge in [-0.25, -0.2) is 0 Å². The highest BCUT2D eigenvalue weighted by molar-refractivity contribution is 5.78. The van der Waals surface area contributed by atoms with Gasteiger partial charge in [0.2, 0.25) is 17.6 Å². The number of nitrogens with one attached hydrogen (secondary N) is 2. The zero-order chi connectivity index (χ0) is 15.0. The second-order valence-corrected chi connectivity index (χ2v) is 5.15. The maximum atomic E-state index is 11.1. The van der Waals surface area contributed by atoms with Gasteiger partial charge in [-0.3, -0.25) is 10.1 Å². The molecular formula is C14H16N4O3. The molecule has 7 nitrogen and oxygen atoms in total. The number of nitrogens with zero attached hydrogens (tertiary/aromatic N) is 2. The van der Waals surface area contributed by atoms with Gasteiger partial charge in [0.05, 0.1) is 6.54 Å². The van der Waals surface area contributed by atoms with Crippen molar-refractivity contribution in [3.63, 3.8) is 0 Å². The monoisotopic (exact) mass is 288 g/mol. The number of aromatic hydroxyl groups is 1. The Labute approximate surface area is 121 Å². The number of carbonyl (C=O) groups excluding carboxylic acids is 1. The van der Waals surface area contributed by atoms with E-state index in [1.54, 1.807) is 0 Å². The van der Waals surface area contributed by atoms with E-state index in [9.17, 15) is 9.90 Å². The largest absolute Gasteiger partial charge is 0.507 e. The summed E-state index contributed by atoms with van der Waals surface area (Å²) < 4.78 is 5.27. The van der Waals surface area contributed by atoms with Gasteiger partial charge in [0.15, 0.2) is 0 Å². The number of phenolic OH excluding ortho intramolecular Hbond substituents is 1. The SMILES string of the molecule is Cc1cc(-c2noc(C3CNC(=O)CN3)n2)cc(C)c1O. The lowest BCUT2D eigenvalue weighted by Crippen LogP contribution is -2.47. The highest BCUT2D eigenvalue weighted by Crippen LogP contribution is 2.28. The zero-order valence-corrected chi connectivity index (χ0v) is 11.8. The lowest BCUT2D eigenvalue weighted by Gasteiger charge is -2.20. The molecule has 1 aromatic heterocycles. The van der Waals surface area contributed by atoms with Gasteiger partial charge in [-0.15, -0.1) is 0 Å². The van der Waals surface area contributed by atoms with Gasteiger partial charge in [-0.1, -0.05) is 5.16 Å². The number of aromatic nitrogens is 2.